The number of sulfonamides is 1. The predicted molar refractivity (Wildman–Crippen MR) is 98.8 cm³/mol. The van der Waals surface area contributed by atoms with Gasteiger partial charge in [-0.05, 0) is 35.4 Å². The lowest BCUT2D eigenvalue weighted by molar-refractivity contribution is 0.547. The van der Waals surface area contributed by atoms with E-state index in [0.717, 1.165) is 11.1 Å². The third kappa shape index (κ3) is 2.97. The summed E-state index contributed by atoms with van der Waals surface area (Å²) in [5.74, 6) is 0. The minimum Gasteiger partial charge on any atom is -0.207 e. The fraction of sp³-hybridized carbons (Fsp3) is 0.100. The zero-order valence-corrected chi connectivity index (χ0v) is 14.9. The third-order valence-corrected chi connectivity index (χ3v) is 6.56. The van der Waals surface area contributed by atoms with Crippen LogP contribution in [0.3, 0.4) is 0 Å². The molecule has 1 fully saturated rings. The van der Waals surface area contributed by atoms with Gasteiger partial charge in [-0.15, -0.1) is 0 Å². The van der Waals surface area contributed by atoms with E-state index in [2.05, 4.69) is 0 Å². The van der Waals surface area contributed by atoms with E-state index >= 15 is 0 Å². The Morgan fingerprint density at radius 3 is 1.56 bits per heavy atom. The molecule has 1 heterocycles. The average Bonchev–Trinajstić information content (AvgIpc) is 3.40. The maximum Gasteiger partial charge on any atom is 0.244 e. The van der Waals surface area contributed by atoms with E-state index in [1.807, 2.05) is 60.7 Å². The summed E-state index contributed by atoms with van der Waals surface area (Å²) >= 11 is 5.90. The Bertz CT molecular complexity index is 928. The Morgan fingerprint density at radius 2 is 1.12 bits per heavy atom. The molecule has 3 aromatic carbocycles. The number of rotatable bonds is 4. The van der Waals surface area contributed by atoms with Crippen LogP contribution < -0.4 is 0 Å². The molecule has 0 bridgehead atoms. The number of halogens is 1. The van der Waals surface area contributed by atoms with Crippen molar-refractivity contribution in [3.05, 3.63) is 101 Å². The first kappa shape index (κ1) is 16.3. The fourth-order valence-electron chi connectivity index (χ4n) is 3.20. The van der Waals surface area contributed by atoms with Crippen LogP contribution in [0.15, 0.2) is 89.8 Å². The van der Waals surface area contributed by atoms with Crippen molar-refractivity contribution >= 4 is 21.6 Å². The van der Waals surface area contributed by atoms with Crippen molar-refractivity contribution in [3.63, 3.8) is 0 Å². The minimum absolute atomic E-state index is 0.190. The van der Waals surface area contributed by atoms with Crippen molar-refractivity contribution in [1.29, 1.82) is 0 Å². The Balaban J connectivity index is 1.77. The SMILES string of the molecule is O=S(=O)(c1ccc(Cl)cc1)N1[C@H](c2ccccc2)[C@@H]1c1ccccc1. The van der Waals surface area contributed by atoms with Gasteiger partial charge in [0.25, 0.3) is 0 Å². The van der Waals surface area contributed by atoms with Crippen molar-refractivity contribution in [3.8, 4) is 0 Å². The molecule has 1 aliphatic heterocycles. The van der Waals surface area contributed by atoms with E-state index < -0.39 is 10.0 Å². The zero-order valence-electron chi connectivity index (χ0n) is 13.3. The number of benzene rings is 3. The van der Waals surface area contributed by atoms with Crippen molar-refractivity contribution in [2.24, 2.45) is 0 Å². The monoisotopic (exact) mass is 369 g/mol. The maximum atomic E-state index is 13.2. The van der Waals surface area contributed by atoms with Crippen LogP contribution in [0.2, 0.25) is 5.02 Å². The first-order chi connectivity index (χ1) is 12.1. The van der Waals surface area contributed by atoms with Crippen LogP contribution in [0.25, 0.3) is 0 Å². The van der Waals surface area contributed by atoms with Crippen LogP contribution in [-0.2, 0) is 10.0 Å². The van der Waals surface area contributed by atoms with Crippen molar-refractivity contribution in [1.82, 2.24) is 4.31 Å². The van der Waals surface area contributed by atoms with E-state index in [1.165, 1.54) is 0 Å². The number of hydrogen-bond donors (Lipinski definition) is 0. The van der Waals surface area contributed by atoms with Gasteiger partial charge < -0.3 is 0 Å². The highest BCUT2D eigenvalue weighted by Crippen LogP contribution is 2.57. The first-order valence-corrected chi connectivity index (χ1v) is 9.80. The van der Waals surface area contributed by atoms with E-state index in [9.17, 15) is 8.42 Å². The van der Waals surface area contributed by atoms with Crippen molar-refractivity contribution in [2.45, 2.75) is 17.0 Å². The lowest BCUT2D eigenvalue weighted by Gasteiger charge is -2.07. The highest BCUT2D eigenvalue weighted by molar-refractivity contribution is 7.89. The molecule has 1 unspecified atom stereocenters. The van der Waals surface area contributed by atoms with Gasteiger partial charge in [-0.25, -0.2) is 8.42 Å². The molecule has 4 rings (SSSR count). The predicted octanol–water partition coefficient (Wildman–Crippen LogP) is 4.83. The van der Waals surface area contributed by atoms with E-state index in [-0.39, 0.29) is 17.0 Å². The standard InChI is InChI=1S/C20H16ClNO2S/c21-17-11-13-18(14-12-17)25(23,24)22-19(15-7-3-1-4-8-15)20(22)16-9-5-2-6-10-16/h1-14,19-20H/t19-,20+,22?. The summed E-state index contributed by atoms with van der Waals surface area (Å²) in [5.41, 5.74) is 1.99. The second-order valence-electron chi connectivity index (χ2n) is 6.00. The number of nitrogens with zero attached hydrogens (tertiary/aromatic N) is 1. The lowest BCUT2D eigenvalue weighted by Crippen LogP contribution is -2.13. The zero-order chi connectivity index (χ0) is 17.4. The molecule has 0 spiro atoms. The summed E-state index contributed by atoms with van der Waals surface area (Å²) in [6.45, 7) is 0. The molecule has 3 nitrogen and oxygen atoms in total. The van der Waals surface area contributed by atoms with Crippen LogP contribution >= 0.6 is 11.6 Å². The number of hydrogen-bond acceptors (Lipinski definition) is 2. The molecular formula is C20H16ClNO2S. The van der Waals surface area contributed by atoms with Crippen LogP contribution in [-0.4, -0.2) is 12.7 Å². The molecule has 0 radical (unpaired) electrons. The Morgan fingerprint density at radius 1 is 0.680 bits per heavy atom. The van der Waals surface area contributed by atoms with Crippen molar-refractivity contribution in [2.75, 3.05) is 0 Å². The first-order valence-electron chi connectivity index (χ1n) is 7.98. The van der Waals surface area contributed by atoms with Gasteiger partial charge in [0.15, 0.2) is 0 Å². The highest BCUT2D eigenvalue weighted by Gasteiger charge is 2.56. The smallest absolute Gasteiger partial charge is 0.207 e. The van der Waals surface area contributed by atoms with Gasteiger partial charge in [0.05, 0.1) is 17.0 Å². The topological polar surface area (TPSA) is 37.1 Å². The highest BCUT2D eigenvalue weighted by atomic mass is 35.5. The Labute approximate surface area is 152 Å². The van der Waals surface area contributed by atoms with Gasteiger partial charge in [0.2, 0.25) is 10.0 Å². The van der Waals surface area contributed by atoms with Crippen molar-refractivity contribution < 1.29 is 8.42 Å². The summed E-state index contributed by atoms with van der Waals surface area (Å²) in [5, 5.41) is 0.518. The second-order valence-corrected chi connectivity index (χ2v) is 8.28. The molecule has 0 saturated carbocycles. The third-order valence-electron chi connectivity index (χ3n) is 4.43. The van der Waals surface area contributed by atoms with Crippen LogP contribution in [0, 0.1) is 0 Å². The molecule has 0 aliphatic carbocycles. The molecule has 0 amide bonds. The van der Waals surface area contributed by atoms with E-state index in [0.29, 0.717) is 5.02 Å². The minimum atomic E-state index is -3.60. The summed E-state index contributed by atoms with van der Waals surface area (Å²) in [7, 11) is -3.60. The summed E-state index contributed by atoms with van der Waals surface area (Å²) in [6.07, 6.45) is 0. The quantitative estimate of drug-likeness (QED) is 0.618. The van der Waals surface area contributed by atoms with Crippen LogP contribution in [0.4, 0.5) is 0 Å². The second kappa shape index (κ2) is 6.30. The van der Waals surface area contributed by atoms with Gasteiger partial charge in [-0.1, -0.05) is 72.3 Å². The Hall–Kier alpha value is -2.14. The Kier molecular flexibility index (Phi) is 4.12. The molecule has 126 valence electrons. The molecule has 0 N–H and O–H groups in total. The van der Waals surface area contributed by atoms with E-state index in [1.54, 1.807) is 28.6 Å². The molecule has 5 heteroatoms. The van der Waals surface area contributed by atoms with Gasteiger partial charge in [-0.2, -0.15) is 4.31 Å². The van der Waals surface area contributed by atoms with Gasteiger partial charge in [0, 0.05) is 5.02 Å². The van der Waals surface area contributed by atoms with Gasteiger partial charge in [0.1, 0.15) is 0 Å². The molecule has 0 aromatic heterocycles. The van der Waals surface area contributed by atoms with Gasteiger partial charge >= 0.3 is 0 Å². The molecule has 1 aliphatic rings. The normalized spacial score (nSPS) is 22.5. The lowest BCUT2D eigenvalue weighted by atomic mass is 10.0. The van der Waals surface area contributed by atoms with Crippen LogP contribution in [0.5, 0.6) is 0 Å². The molecular weight excluding hydrogens is 354 g/mol. The molecule has 3 atom stereocenters. The largest absolute Gasteiger partial charge is 0.244 e. The molecule has 3 aromatic rings. The summed E-state index contributed by atoms with van der Waals surface area (Å²) in [4.78, 5) is 0.260. The molecule has 1 saturated heterocycles. The van der Waals surface area contributed by atoms with Crippen LogP contribution in [0.1, 0.15) is 23.2 Å². The average molecular weight is 370 g/mol. The van der Waals surface area contributed by atoms with Gasteiger partial charge in [-0.3, -0.25) is 0 Å². The molecule has 25 heavy (non-hydrogen) atoms. The summed E-state index contributed by atoms with van der Waals surface area (Å²) in [6, 6.07) is 25.4. The van der Waals surface area contributed by atoms with E-state index in [4.69, 9.17) is 11.6 Å². The summed E-state index contributed by atoms with van der Waals surface area (Å²) < 4.78 is 27.9. The maximum absolute atomic E-state index is 13.2. The fourth-order valence-corrected chi connectivity index (χ4v) is 5.06.